The fourth-order valence-electron chi connectivity index (χ4n) is 4.21. The van der Waals surface area contributed by atoms with E-state index in [4.69, 9.17) is 11.6 Å². The molecule has 1 N–H and O–H groups in total. The average molecular weight is 556 g/mol. The molecule has 0 spiro atoms. The molecule has 0 saturated heterocycles. The molecule has 0 radical (unpaired) electrons. The minimum atomic E-state index is -4.85. The van der Waals surface area contributed by atoms with Crippen molar-refractivity contribution in [3.63, 3.8) is 0 Å². The SMILES string of the molecule is CC1(Cc2ccccc2)CN(C(=O)Nc2ccc(OC(F)(F)F)cc2)N=C1c1ccc(C(F)(F)F)c(Cl)c1. The lowest BCUT2D eigenvalue weighted by molar-refractivity contribution is -0.274. The van der Waals surface area contributed by atoms with E-state index in [9.17, 15) is 31.1 Å². The molecular weight excluding hydrogens is 536 g/mol. The summed E-state index contributed by atoms with van der Waals surface area (Å²) in [6.45, 7) is 1.91. The van der Waals surface area contributed by atoms with Gasteiger partial charge in [-0.15, -0.1) is 13.2 Å². The molecule has 3 aromatic rings. The van der Waals surface area contributed by atoms with Crippen LogP contribution in [0.5, 0.6) is 5.75 Å². The number of carbonyl (C=O) groups is 1. The standard InChI is InChI=1S/C26H20ClF6N3O2/c1-24(14-16-5-3-2-4-6-16)15-36(23(37)34-18-8-10-19(11-9-18)38-26(31,32)33)35-22(24)17-7-12-20(21(27)13-17)25(28,29)30/h2-13H,14-15H2,1H3,(H,34,37). The maximum Gasteiger partial charge on any atom is 0.573 e. The lowest BCUT2D eigenvalue weighted by atomic mass is 9.77. The minimum Gasteiger partial charge on any atom is -0.406 e. The molecule has 38 heavy (non-hydrogen) atoms. The predicted molar refractivity (Wildman–Crippen MR) is 130 cm³/mol. The summed E-state index contributed by atoms with van der Waals surface area (Å²) in [6, 6.07) is 16.5. The highest BCUT2D eigenvalue weighted by molar-refractivity contribution is 6.32. The van der Waals surface area contributed by atoms with Gasteiger partial charge in [0.05, 0.1) is 22.8 Å². The van der Waals surface area contributed by atoms with Crippen molar-refractivity contribution in [3.8, 4) is 5.75 Å². The Morgan fingerprint density at radius 3 is 2.26 bits per heavy atom. The third-order valence-corrected chi connectivity index (χ3v) is 6.16. The highest BCUT2D eigenvalue weighted by atomic mass is 35.5. The van der Waals surface area contributed by atoms with E-state index < -0.39 is 40.3 Å². The van der Waals surface area contributed by atoms with E-state index in [-0.39, 0.29) is 12.2 Å². The highest BCUT2D eigenvalue weighted by Crippen LogP contribution is 2.39. The van der Waals surface area contributed by atoms with Gasteiger partial charge >= 0.3 is 18.6 Å². The van der Waals surface area contributed by atoms with Crippen molar-refractivity contribution in [1.82, 2.24) is 5.01 Å². The first-order valence-electron chi connectivity index (χ1n) is 11.2. The molecule has 0 aromatic heterocycles. The molecule has 1 atom stereocenters. The Morgan fingerprint density at radius 2 is 1.68 bits per heavy atom. The highest BCUT2D eigenvalue weighted by Gasteiger charge is 2.42. The molecule has 0 aliphatic carbocycles. The molecule has 0 saturated carbocycles. The summed E-state index contributed by atoms with van der Waals surface area (Å²) >= 11 is 5.96. The summed E-state index contributed by atoms with van der Waals surface area (Å²) in [5, 5.41) is 7.62. The number of alkyl halides is 6. The number of benzene rings is 3. The van der Waals surface area contributed by atoms with E-state index in [1.54, 1.807) is 0 Å². The lowest BCUT2D eigenvalue weighted by Crippen LogP contribution is -2.37. The van der Waals surface area contributed by atoms with E-state index in [2.05, 4.69) is 15.2 Å². The molecule has 200 valence electrons. The van der Waals surface area contributed by atoms with Gasteiger partial charge in [0.2, 0.25) is 0 Å². The van der Waals surface area contributed by atoms with E-state index >= 15 is 0 Å². The Balaban J connectivity index is 1.61. The monoisotopic (exact) mass is 555 g/mol. The molecule has 1 aliphatic heterocycles. The molecule has 1 aliphatic rings. The maximum absolute atomic E-state index is 13.2. The van der Waals surface area contributed by atoms with Crippen LogP contribution in [0.3, 0.4) is 0 Å². The van der Waals surface area contributed by atoms with Gasteiger partial charge in [-0.3, -0.25) is 0 Å². The van der Waals surface area contributed by atoms with E-state index in [0.717, 1.165) is 28.8 Å². The number of rotatable bonds is 5. The van der Waals surface area contributed by atoms with Crippen LogP contribution in [0.1, 0.15) is 23.6 Å². The molecule has 1 unspecified atom stereocenters. The van der Waals surface area contributed by atoms with Crippen molar-refractivity contribution in [2.24, 2.45) is 10.5 Å². The second-order valence-corrected chi connectivity index (χ2v) is 9.33. The van der Waals surface area contributed by atoms with Crippen LogP contribution in [0.25, 0.3) is 0 Å². The number of nitrogens with zero attached hydrogens (tertiary/aromatic N) is 2. The second-order valence-electron chi connectivity index (χ2n) is 8.92. The number of anilines is 1. The zero-order valence-electron chi connectivity index (χ0n) is 19.7. The molecule has 12 heteroatoms. The Labute approximate surface area is 218 Å². The first kappa shape index (κ1) is 27.3. The number of carbonyl (C=O) groups excluding carboxylic acids is 1. The van der Waals surface area contributed by atoms with Crippen molar-refractivity contribution >= 4 is 29.0 Å². The first-order valence-corrected chi connectivity index (χ1v) is 11.6. The van der Waals surface area contributed by atoms with Crippen LogP contribution in [-0.4, -0.2) is 29.7 Å². The number of hydrazone groups is 1. The average Bonchev–Trinajstić information content (AvgIpc) is 3.16. The predicted octanol–water partition coefficient (Wildman–Crippen LogP) is 7.76. The molecule has 0 fully saturated rings. The summed E-state index contributed by atoms with van der Waals surface area (Å²) in [4.78, 5) is 13.0. The topological polar surface area (TPSA) is 53.9 Å². The Kier molecular flexibility index (Phi) is 7.33. The molecule has 2 amide bonds. The van der Waals surface area contributed by atoms with Crippen molar-refractivity contribution in [1.29, 1.82) is 0 Å². The fraction of sp³-hybridized carbons (Fsp3) is 0.231. The summed E-state index contributed by atoms with van der Waals surface area (Å²) in [6.07, 6.45) is -9.07. The van der Waals surface area contributed by atoms with E-state index in [0.29, 0.717) is 17.7 Å². The van der Waals surface area contributed by atoms with Gasteiger partial charge < -0.3 is 10.1 Å². The van der Waals surface area contributed by atoms with Crippen LogP contribution in [0.2, 0.25) is 5.02 Å². The molecule has 5 nitrogen and oxygen atoms in total. The smallest absolute Gasteiger partial charge is 0.406 e. The van der Waals surface area contributed by atoms with Gasteiger partial charge in [-0.2, -0.15) is 18.3 Å². The van der Waals surface area contributed by atoms with Crippen molar-refractivity contribution in [2.75, 3.05) is 11.9 Å². The van der Waals surface area contributed by atoms with E-state index in [1.165, 1.54) is 24.3 Å². The van der Waals surface area contributed by atoms with Gasteiger partial charge in [-0.05, 0) is 53.9 Å². The van der Waals surface area contributed by atoms with Crippen molar-refractivity contribution < 1.29 is 35.9 Å². The van der Waals surface area contributed by atoms with Gasteiger partial charge in [-0.25, -0.2) is 9.80 Å². The summed E-state index contributed by atoms with van der Waals surface area (Å²) < 4.78 is 80.7. The summed E-state index contributed by atoms with van der Waals surface area (Å²) in [5.74, 6) is -0.452. The first-order chi connectivity index (χ1) is 17.7. The largest absolute Gasteiger partial charge is 0.573 e. The number of nitrogens with one attached hydrogen (secondary N) is 1. The van der Waals surface area contributed by atoms with Gasteiger partial charge in [0.15, 0.2) is 0 Å². The lowest BCUT2D eigenvalue weighted by Gasteiger charge is -2.27. The third kappa shape index (κ3) is 6.39. The maximum atomic E-state index is 13.2. The van der Waals surface area contributed by atoms with Crippen LogP contribution in [0, 0.1) is 5.41 Å². The Morgan fingerprint density at radius 1 is 1.03 bits per heavy atom. The number of hydrogen-bond donors (Lipinski definition) is 1. The van der Waals surface area contributed by atoms with Gasteiger partial charge in [0.25, 0.3) is 0 Å². The number of hydrogen-bond acceptors (Lipinski definition) is 3. The molecular formula is C26H20ClF6N3O2. The minimum absolute atomic E-state index is 0.0803. The normalized spacial score (nSPS) is 17.8. The fourth-order valence-corrected chi connectivity index (χ4v) is 4.50. The summed E-state index contributed by atoms with van der Waals surface area (Å²) in [7, 11) is 0. The van der Waals surface area contributed by atoms with Crippen LogP contribution < -0.4 is 10.1 Å². The number of urea groups is 1. The third-order valence-electron chi connectivity index (χ3n) is 5.85. The van der Waals surface area contributed by atoms with Gasteiger partial charge in [-0.1, -0.05) is 54.9 Å². The molecule has 4 rings (SSSR count). The zero-order valence-corrected chi connectivity index (χ0v) is 20.5. The van der Waals surface area contributed by atoms with Crippen molar-refractivity contribution in [2.45, 2.75) is 25.9 Å². The quantitative estimate of drug-likeness (QED) is 0.327. The molecule has 3 aromatic carbocycles. The van der Waals surface area contributed by atoms with Crippen LogP contribution in [-0.2, 0) is 12.6 Å². The second kappa shape index (κ2) is 10.2. The van der Waals surface area contributed by atoms with E-state index in [1.807, 2.05) is 37.3 Å². The number of amides is 2. The number of halogens is 7. The molecule has 0 bridgehead atoms. The van der Waals surface area contributed by atoms with Crippen LogP contribution >= 0.6 is 11.6 Å². The summed E-state index contributed by atoms with van der Waals surface area (Å²) in [5.41, 5.74) is 0.00983. The van der Waals surface area contributed by atoms with Crippen LogP contribution in [0.15, 0.2) is 77.9 Å². The van der Waals surface area contributed by atoms with Crippen LogP contribution in [0.4, 0.5) is 36.8 Å². The van der Waals surface area contributed by atoms with Crippen molar-refractivity contribution in [3.05, 3.63) is 94.5 Å². The Bertz CT molecular complexity index is 1340. The van der Waals surface area contributed by atoms with Gasteiger partial charge in [0, 0.05) is 11.1 Å². The van der Waals surface area contributed by atoms with Gasteiger partial charge in [0.1, 0.15) is 5.75 Å². The Hall–Kier alpha value is -3.73. The zero-order chi connectivity index (χ0) is 27.7. The number of ether oxygens (including phenoxy) is 1. The molecule has 1 heterocycles.